The lowest BCUT2D eigenvalue weighted by atomic mass is 9.70. The molecule has 1 fully saturated rings. The third-order valence-electron chi connectivity index (χ3n) is 3.95. The molecule has 0 radical (unpaired) electrons. The van der Waals surface area contributed by atoms with Gasteiger partial charge in [-0.3, -0.25) is 0 Å². The van der Waals surface area contributed by atoms with Gasteiger partial charge in [-0.05, 0) is 30.2 Å². The molecule has 1 atom stereocenters. The summed E-state index contributed by atoms with van der Waals surface area (Å²) >= 11 is 0. The zero-order valence-electron chi connectivity index (χ0n) is 10.5. The molecule has 1 aliphatic rings. The van der Waals surface area contributed by atoms with Crippen molar-refractivity contribution in [2.24, 2.45) is 5.41 Å². The minimum atomic E-state index is 0.527. The Bertz CT molecular complexity index is 313. The number of rotatable bonds is 5. The summed E-state index contributed by atoms with van der Waals surface area (Å²) in [6.07, 6.45) is 5.37. The maximum atomic E-state index is 3.73. The minimum absolute atomic E-state index is 0.527. The molecule has 0 amide bonds. The molecule has 0 bridgehead atoms. The fourth-order valence-electron chi connectivity index (χ4n) is 2.51. The first-order valence-electron chi connectivity index (χ1n) is 6.52. The van der Waals surface area contributed by atoms with E-state index in [1.807, 2.05) is 0 Å². The highest BCUT2D eigenvalue weighted by Crippen LogP contribution is 2.40. The Hall–Kier alpha value is -0.820. The molecule has 0 aliphatic heterocycles. The predicted molar refractivity (Wildman–Crippen MR) is 69.4 cm³/mol. The fraction of sp³-hybridized carbons (Fsp3) is 0.600. The van der Waals surface area contributed by atoms with Crippen LogP contribution in [0.2, 0.25) is 0 Å². The van der Waals surface area contributed by atoms with E-state index >= 15 is 0 Å². The lowest BCUT2D eigenvalue weighted by molar-refractivity contribution is 0.150. The van der Waals surface area contributed by atoms with Gasteiger partial charge in [0.1, 0.15) is 0 Å². The molecule has 16 heavy (non-hydrogen) atoms. The fourth-order valence-corrected chi connectivity index (χ4v) is 2.51. The second kappa shape index (κ2) is 5.01. The van der Waals surface area contributed by atoms with Crippen molar-refractivity contribution in [2.45, 2.75) is 45.6 Å². The lowest BCUT2D eigenvalue weighted by Gasteiger charge is -2.39. The number of hydrogen-bond donors (Lipinski definition) is 1. The molecule has 0 heterocycles. The third-order valence-corrected chi connectivity index (χ3v) is 3.95. The molecule has 1 heteroatoms. The molecule has 1 saturated carbocycles. The Morgan fingerprint density at radius 3 is 2.44 bits per heavy atom. The van der Waals surface area contributed by atoms with E-state index in [-0.39, 0.29) is 0 Å². The van der Waals surface area contributed by atoms with E-state index in [2.05, 4.69) is 49.5 Å². The molecule has 1 N–H and O–H groups in total. The average molecular weight is 217 g/mol. The van der Waals surface area contributed by atoms with E-state index in [0.717, 1.165) is 0 Å². The van der Waals surface area contributed by atoms with E-state index in [4.69, 9.17) is 0 Å². The van der Waals surface area contributed by atoms with Crippen LogP contribution < -0.4 is 5.32 Å². The van der Waals surface area contributed by atoms with Gasteiger partial charge in [0, 0.05) is 12.6 Å². The Morgan fingerprint density at radius 2 is 1.94 bits per heavy atom. The maximum Gasteiger partial charge on any atom is 0.0317 e. The summed E-state index contributed by atoms with van der Waals surface area (Å²) in [6, 6.07) is 11.3. The van der Waals surface area contributed by atoms with Gasteiger partial charge in [-0.25, -0.2) is 0 Å². The number of benzene rings is 1. The van der Waals surface area contributed by atoms with Crippen LogP contribution in [0, 0.1) is 5.41 Å². The standard InChI is InChI=1S/C15H23N/c1-3-14(13-8-5-4-6-9-13)16-12-15(2)10-7-11-15/h4-6,8-9,14,16H,3,7,10-12H2,1-2H3. The van der Waals surface area contributed by atoms with Gasteiger partial charge in [0.05, 0.1) is 0 Å². The highest BCUT2D eigenvalue weighted by atomic mass is 14.9. The van der Waals surface area contributed by atoms with Crippen LogP contribution in [-0.4, -0.2) is 6.54 Å². The molecule has 0 saturated heterocycles. The van der Waals surface area contributed by atoms with Crippen LogP contribution in [0.25, 0.3) is 0 Å². The van der Waals surface area contributed by atoms with E-state index < -0.39 is 0 Å². The summed E-state index contributed by atoms with van der Waals surface area (Å²) in [7, 11) is 0. The summed E-state index contributed by atoms with van der Waals surface area (Å²) in [6.45, 7) is 5.83. The van der Waals surface area contributed by atoms with Crippen LogP contribution >= 0.6 is 0 Å². The van der Waals surface area contributed by atoms with Crippen molar-refractivity contribution in [3.8, 4) is 0 Å². The van der Waals surface area contributed by atoms with Crippen LogP contribution in [0.4, 0.5) is 0 Å². The molecule has 88 valence electrons. The molecular formula is C15H23N. The SMILES string of the molecule is CCC(NCC1(C)CCC1)c1ccccc1. The quantitative estimate of drug-likeness (QED) is 0.788. The van der Waals surface area contributed by atoms with Crippen molar-refractivity contribution < 1.29 is 0 Å². The molecule has 1 aliphatic carbocycles. The van der Waals surface area contributed by atoms with Gasteiger partial charge >= 0.3 is 0 Å². The summed E-state index contributed by atoms with van der Waals surface area (Å²) in [5, 5.41) is 3.73. The zero-order chi connectivity index (χ0) is 11.4. The van der Waals surface area contributed by atoms with Crippen molar-refractivity contribution in [2.75, 3.05) is 6.54 Å². The Morgan fingerprint density at radius 1 is 1.25 bits per heavy atom. The van der Waals surface area contributed by atoms with Crippen molar-refractivity contribution in [3.63, 3.8) is 0 Å². The van der Waals surface area contributed by atoms with Crippen molar-refractivity contribution in [3.05, 3.63) is 35.9 Å². The summed E-state index contributed by atoms with van der Waals surface area (Å²) < 4.78 is 0. The Kier molecular flexibility index (Phi) is 3.65. The molecule has 1 aromatic rings. The van der Waals surface area contributed by atoms with Crippen molar-refractivity contribution >= 4 is 0 Å². The van der Waals surface area contributed by atoms with Crippen LogP contribution in [-0.2, 0) is 0 Å². The van der Waals surface area contributed by atoms with Crippen LogP contribution in [0.1, 0.15) is 51.1 Å². The molecule has 2 rings (SSSR count). The van der Waals surface area contributed by atoms with Crippen molar-refractivity contribution in [1.82, 2.24) is 5.32 Å². The second-order valence-electron chi connectivity index (χ2n) is 5.42. The van der Waals surface area contributed by atoms with Gasteiger partial charge in [-0.1, -0.05) is 50.6 Å². The summed E-state index contributed by atoms with van der Waals surface area (Å²) in [4.78, 5) is 0. The van der Waals surface area contributed by atoms with Gasteiger partial charge in [0.2, 0.25) is 0 Å². The second-order valence-corrected chi connectivity index (χ2v) is 5.42. The lowest BCUT2D eigenvalue weighted by Crippen LogP contribution is -2.38. The minimum Gasteiger partial charge on any atom is -0.309 e. The first-order chi connectivity index (χ1) is 7.73. The van der Waals surface area contributed by atoms with Crippen molar-refractivity contribution in [1.29, 1.82) is 0 Å². The molecule has 0 aromatic heterocycles. The largest absolute Gasteiger partial charge is 0.309 e. The van der Waals surface area contributed by atoms with Gasteiger partial charge in [0.25, 0.3) is 0 Å². The Labute approximate surface area is 99.3 Å². The first kappa shape index (κ1) is 11.7. The highest BCUT2D eigenvalue weighted by molar-refractivity contribution is 5.18. The smallest absolute Gasteiger partial charge is 0.0317 e. The number of nitrogens with one attached hydrogen (secondary N) is 1. The molecular weight excluding hydrogens is 194 g/mol. The van der Waals surface area contributed by atoms with Crippen LogP contribution in [0.5, 0.6) is 0 Å². The first-order valence-corrected chi connectivity index (χ1v) is 6.52. The maximum absolute atomic E-state index is 3.73. The van der Waals surface area contributed by atoms with E-state index in [1.54, 1.807) is 0 Å². The van der Waals surface area contributed by atoms with Gasteiger partial charge < -0.3 is 5.32 Å². The predicted octanol–water partition coefficient (Wildman–Crippen LogP) is 3.92. The molecule has 0 spiro atoms. The molecule has 1 unspecified atom stereocenters. The number of hydrogen-bond acceptors (Lipinski definition) is 1. The third kappa shape index (κ3) is 2.65. The monoisotopic (exact) mass is 217 g/mol. The molecule has 1 aromatic carbocycles. The Balaban J connectivity index is 1.91. The van der Waals surface area contributed by atoms with Gasteiger partial charge in [-0.15, -0.1) is 0 Å². The highest BCUT2D eigenvalue weighted by Gasteiger charge is 2.31. The van der Waals surface area contributed by atoms with E-state index in [1.165, 1.54) is 37.8 Å². The van der Waals surface area contributed by atoms with Gasteiger partial charge in [0.15, 0.2) is 0 Å². The summed E-state index contributed by atoms with van der Waals surface area (Å²) in [5.74, 6) is 0. The normalized spacial score (nSPS) is 20.1. The van der Waals surface area contributed by atoms with Crippen LogP contribution in [0.15, 0.2) is 30.3 Å². The topological polar surface area (TPSA) is 12.0 Å². The average Bonchev–Trinajstić information content (AvgIpc) is 2.29. The van der Waals surface area contributed by atoms with Gasteiger partial charge in [-0.2, -0.15) is 0 Å². The van der Waals surface area contributed by atoms with E-state index in [9.17, 15) is 0 Å². The van der Waals surface area contributed by atoms with E-state index in [0.29, 0.717) is 11.5 Å². The zero-order valence-corrected chi connectivity index (χ0v) is 10.5. The summed E-state index contributed by atoms with van der Waals surface area (Å²) in [5.41, 5.74) is 2.00. The van der Waals surface area contributed by atoms with Crippen LogP contribution in [0.3, 0.4) is 0 Å². The molecule has 1 nitrogen and oxygen atoms in total.